The van der Waals surface area contributed by atoms with E-state index in [9.17, 15) is 0 Å². The van der Waals surface area contributed by atoms with Crippen LogP contribution in [-0.2, 0) is 0 Å². The molecule has 0 radical (unpaired) electrons. The Morgan fingerprint density at radius 3 is 2.73 bits per heavy atom. The molecule has 84 valence electrons. The lowest BCUT2D eigenvalue weighted by Gasteiger charge is -2.12. The minimum Gasteiger partial charge on any atom is -0.324 e. The molecule has 2 N–H and O–H groups in total. The highest BCUT2D eigenvalue weighted by Crippen LogP contribution is 2.27. The van der Waals surface area contributed by atoms with Crippen molar-refractivity contribution in [2.75, 3.05) is 0 Å². The van der Waals surface area contributed by atoms with Crippen LogP contribution >= 0.6 is 27.5 Å². The zero-order valence-electron chi connectivity index (χ0n) is 8.97. The molecule has 15 heavy (non-hydrogen) atoms. The Hall–Kier alpha value is -0.0500. The number of hydrogen-bond donors (Lipinski definition) is 1. The molecule has 0 aliphatic carbocycles. The lowest BCUT2D eigenvalue weighted by atomic mass is 10.0. The predicted molar refractivity (Wildman–Crippen MR) is 70.2 cm³/mol. The number of hydrogen-bond acceptors (Lipinski definition) is 1. The molecule has 0 aromatic heterocycles. The van der Waals surface area contributed by atoms with Gasteiger partial charge >= 0.3 is 0 Å². The average Bonchev–Trinajstić information content (AvgIpc) is 2.22. The SMILES string of the molecule is CCCCC[C@H](N)c1ccc(Cl)c(Br)c1. The van der Waals surface area contributed by atoms with Crippen molar-refractivity contribution in [1.29, 1.82) is 0 Å². The van der Waals surface area contributed by atoms with Gasteiger partial charge in [-0.25, -0.2) is 0 Å². The van der Waals surface area contributed by atoms with Gasteiger partial charge in [-0.3, -0.25) is 0 Å². The molecule has 0 saturated carbocycles. The van der Waals surface area contributed by atoms with E-state index in [0.29, 0.717) is 0 Å². The highest BCUT2D eigenvalue weighted by molar-refractivity contribution is 9.10. The molecule has 0 spiro atoms. The number of unbranched alkanes of at least 4 members (excludes halogenated alkanes) is 2. The molecule has 0 fully saturated rings. The van der Waals surface area contributed by atoms with Crippen LogP contribution in [0.15, 0.2) is 22.7 Å². The fraction of sp³-hybridized carbons (Fsp3) is 0.500. The van der Waals surface area contributed by atoms with Gasteiger partial charge in [0.05, 0.1) is 5.02 Å². The average molecular weight is 291 g/mol. The zero-order chi connectivity index (χ0) is 11.3. The van der Waals surface area contributed by atoms with Crippen LogP contribution in [-0.4, -0.2) is 0 Å². The summed E-state index contributed by atoms with van der Waals surface area (Å²) in [6, 6.07) is 6.04. The van der Waals surface area contributed by atoms with Gasteiger partial charge in [0.2, 0.25) is 0 Å². The first-order valence-corrected chi connectivity index (χ1v) is 6.52. The van der Waals surface area contributed by atoms with Crippen molar-refractivity contribution in [3.8, 4) is 0 Å². The third kappa shape index (κ3) is 4.13. The first kappa shape index (κ1) is 13.0. The Morgan fingerprint density at radius 2 is 2.13 bits per heavy atom. The van der Waals surface area contributed by atoms with Crippen molar-refractivity contribution in [1.82, 2.24) is 0 Å². The lowest BCUT2D eigenvalue weighted by Crippen LogP contribution is -2.09. The van der Waals surface area contributed by atoms with Crippen molar-refractivity contribution in [3.63, 3.8) is 0 Å². The van der Waals surface area contributed by atoms with Crippen LogP contribution in [0.2, 0.25) is 5.02 Å². The molecule has 1 atom stereocenters. The second-order valence-electron chi connectivity index (χ2n) is 3.78. The quantitative estimate of drug-likeness (QED) is 0.783. The van der Waals surface area contributed by atoms with Crippen LogP contribution in [0, 0.1) is 0 Å². The molecule has 1 aromatic carbocycles. The number of halogens is 2. The molecular weight excluding hydrogens is 273 g/mol. The fourth-order valence-electron chi connectivity index (χ4n) is 1.52. The van der Waals surface area contributed by atoms with Crippen LogP contribution in [0.5, 0.6) is 0 Å². The van der Waals surface area contributed by atoms with Gasteiger partial charge in [-0.2, -0.15) is 0 Å². The Balaban J connectivity index is 2.57. The van der Waals surface area contributed by atoms with Gasteiger partial charge in [-0.05, 0) is 40.0 Å². The fourth-order valence-corrected chi connectivity index (χ4v) is 2.04. The Bertz CT molecular complexity index is 314. The summed E-state index contributed by atoms with van der Waals surface area (Å²) in [6.07, 6.45) is 4.72. The minimum absolute atomic E-state index is 0.130. The summed E-state index contributed by atoms with van der Waals surface area (Å²) in [5, 5.41) is 0.736. The van der Waals surface area contributed by atoms with Crippen LogP contribution in [0.3, 0.4) is 0 Å². The van der Waals surface area contributed by atoms with Gasteiger partial charge in [-0.15, -0.1) is 0 Å². The van der Waals surface area contributed by atoms with Crippen LogP contribution in [0.25, 0.3) is 0 Å². The maximum absolute atomic E-state index is 6.09. The van der Waals surface area contributed by atoms with Gasteiger partial charge in [0.25, 0.3) is 0 Å². The molecule has 0 amide bonds. The van der Waals surface area contributed by atoms with Crippen LogP contribution in [0.4, 0.5) is 0 Å². The smallest absolute Gasteiger partial charge is 0.0548 e. The normalized spacial score (nSPS) is 12.8. The highest BCUT2D eigenvalue weighted by atomic mass is 79.9. The second kappa shape index (κ2) is 6.51. The summed E-state index contributed by atoms with van der Waals surface area (Å²) in [6.45, 7) is 2.20. The molecule has 0 aliphatic heterocycles. The second-order valence-corrected chi connectivity index (χ2v) is 5.04. The molecule has 0 saturated heterocycles. The van der Waals surface area contributed by atoms with E-state index in [4.69, 9.17) is 17.3 Å². The van der Waals surface area contributed by atoms with Crippen molar-refractivity contribution < 1.29 is 0 Å². The number of rotatable bonds is 5. The molecule has 0 heterocycles. The molecule has 0 aliphatic rings. The summed E-state index contributed by atoms with van der Waals surface area (Å²) >= 11 is 9.33. The van der Waals surface area contributed by atoms with E-state index >= 15 is 0 Å². The number of benzene rings is 1. The van der Waals surface area contributed by atoms with Crippen molar-refractivity contribution in [3.05, 3.63) is 33.3 Å². The summed E-state index contributed by atoms with van der Waals surface area (Å²) in [4.78, 5) is 0. The van der Waals surface area contributed by atoms with Crippen LogP contribution < -0.4 is 5.73 Å². The van der Waals surface area contributed by atoms with E-state index < -0.39 is 0 Å². The Morgan fingerprint density at radius 1 is 1.40 bits per heavy atom. The van der Waals surface area contributed by atoms with Gasteiger partial charge in [0.1, 0.15) is 0 Å². The van der Waals surface area contributed by atoms with Crippen LogP contribution in [0.1, 0.15) is 44.2 Å². The van der Waals surface area contributed by atoms with E-state index in [1.807, 2.05) is 18.2 Å². The summed E-state index contributed by atoms with van der Waals surface area (Å²) < 4.78 is 0.924. The van der Waals surface area contributed by atoms with Gasteiger partial charge < -0.3 is 5.73 Å². The molecule has 3 heteroatoms. The molecule has 1 aromatic rings. The molecule has 1 rings (SSSR count). The standard InChI is InChI=1S/C12H17BrClN/c1-2-3-4-5-12(15)9-6-7-11(14)10(13)8-9/h6-8,12H,2-5,15H2,1H3/t12-/m0/s1. The summed E-state index contributed by atoms with van der Waals surface area (Å²) in [7, 11) is 0. The molecule has 0 bridgehead atoms. The maximum Gasteiger partial charge on any atom is 0.0548 e. The number of nitrogens with two attached hydrogens (primary N) is 1. The molecule has 1 nitrogen and oxygen atoms in total. The van der Waals surface area contributed by atoms with Gasteiger partial charge in [0.15, 0.2) is 0 Å². The van der Waals surface area contributed by atoms with Crippen molar-refractivity contribution in [2.24, 2.45) is 5.73 Å². The highest BCUT2D eigenvalue weighted by Gasteiger charge is 2.07. The van der Waals surface area contributed by atoms with E-state index in [1.165, 1.54) is 19.3 Å². The Labute approximate surface area is 105 Å². The molecule has 0 unspecified atom stereocenters. The Kier molecular flexibility index (Phi) is 5.65. The monoisotopic (exact) mass is 289 g/mol. The van der Waals surface area contributed by atoms with E-state index in [0.717, 1.165) is 21.5 Å². The summed E-state index contributed by atoms with van der Waals surface area (Å²) in [5.41, 5.74) is 7.25. The van der Waals surface area contributed by atoms with E-state index in [1.54, 1.807) is 0 Å². The zero-order valence-corrected chi connectivity index (χ0v) is 11.3. The predicted octanol–water partition coefficient (Wildman–Crippen LogP) is 4.68. The topological polar surface area (TPSA) is 26.0 Å². The van der Waals surface area contributed by atoms with Gasteiger partial charge in [-0.1, -0.05) is 43.9 Å². The van der Waals surface area contributed by atoms with Gasteiger partial charge in [0, 0.05) is 10.5 Å². The third-order valence-electron chi connectivity index (χ3n) is 2.49. The largest absolute Gasteiger partial charge is 0.324 e. The van der Waals surface area contributed by atoms with Crippen molar-refractivity contribution >= 4 is 27.5 Å². The van der Waals surface area contributed by atoms with E-state index in [2.05, 4.69) is 22.9 Å². The van der Waals surface area contributed by atoms with Crippen molar-refractivity contribution in [2.45, 2.75) is 38.6 Å². The minimum atomic E-state index is 0.130. The maximum atomic E-state index is 6.09. The molecular formula is C12H17BrClN. The van der Waals surface area contributed by atoms with E-state index in [-0.39, 0.29) is 6.04 Å². The first-order valence-electron chi connectivity index (χ1n) is 5.35. The first-order chi connectivity index (χ1) is 7.15. The summed E-state index contributed by atoms with van der Waals surface area (Å²) in [5.74, 6) is 0. The lowest BCUT2D eigenvalue weighted by molar-refractivity contribution is 0.581. The third-order valence-corrected chi connectivity index (χ3v) is 3.70.